The van der Waals surface area contributed by atoms with Crippen LogP contribution in [0.3, 0.4) is 0 Å². The van der Waals surface area contributed by atoms with Crippen molar-refractivity contribution in [2.45, 2.75) is 31.8 Å². The summed E-state index contributed by atoms with van der Waals surface area (Å²) in [6.45, 7) is 2.78. The fourth-order valence-corrected chi connectivity index (χ4v) is 2.87. The van der Waals surface area contributed by atoms with Gasteiger partial charge in [0.05, 0.1) is 0 Å². The van der Waals surface area contributed by atoms with Crippen molar-refractivity contribution in [3.8, 4) is 0 Å². The SMILES string of the molecule is CCC(CCO)NC(CN)c1ccc(Cl)cc1Br. The number of halogens is 2. The zero-order valence-corrected chi connectivity index (χ0v) is 12.8. The van der Waals surface area contributed by atoms with Crippen molar-refractivity contribution in [2.24, 2.45) is 5.73 Å². The van der Waals surface area contributed by atoms with Gasteiger partial charge in [0.15, 0.2) is 0 Å². The van der Waals surface area contributed by atoms with Gasteiger partial charge in [-0.3, -0.25) is 0 Å². The number of aliphatic hydroxyl groups is 1. The van der Waals surface area contributed by atoms with Crippen LogP contribution in [0.25, 0.3) is 0 Å². The van der Waals surface area contributed by atoms with Gasteiger partial charge in [0.1, 0.15) is 0 Å². The van der Waals surface area contributed by atoms with E-state index in [0.29, 0.717) is 11.6 Å². The largest absolute Gasteiger partial charge is 0.396 e. The molecular formula is C13H20BrClN2O. The second kappa shape index (κ2) is 8.12. The van der Waals surface area contributed by atoms with Crippen molar-refractivity contribution in [2.75, 3.05) is 13.2 Å². The van der Waals surface area contributed by atoms with E-state index in [9.17, 15) is 0 Å². The molecule has 4 N–H and O–H groups in total. The summed E-state index contributed by atoms with van der Waals surface area (Å²) < 4.78 is 0.955. The summed E-state index contributed by atoms with van der Waals surface area (Å²) in [6.07, 6.45) is 1.69. The molecule has 0 saturated carbocycles. The standard InChI is InChI=1S/C13H20BrClN2O/c1-2-10(5-6-18)17-13(8-16)11-4-3-9(15)7-12(11)14/h3-4,7,10,13,17-18H,2,5-6,8,16H2,1H3. The smallest absolute Gasteiger partial charge is 0.0457 e. The minimum atomic E-state index is 0.0631. The number of benzene rings is 1. The van der Waals surface area contributed by atoms with Crippen molar-refractivity contribution in [1.29, 1.82) is 0 Å². The molecule has 0 aliphatic rings. The predicted molar refractivity (Wildman–Crippen MR) is 79.9 cm³/mol. The fraction of sp³-hybridized carbons (Fsp3) is 0.538. The lowest BCUT2D eigenvalue weighted by Crippen LogP contribution is -2.37. The molecule has 1 aromatic carbocycles. The van der Waals surface area contributed by atoms with Crippen molar-refractivity contribution < 1.29 is 5.11 Å². The number of nitrogens with one attached hydrogen (secondary N) is 1. The van der Waals surface area contributed by atoms with Gasteiger partial charge in [0, 0.05) is 34.7 Å². The molecule has 3 nitrogen and oxygen atoms in total. The van der Waals surface area contributed by atoms with Crippen LogP contribution in [0, 0.1) is 0 Å². The monoisotopic (exact) mass is 334 g/mol. The maximum atomic E-state index is 9.02. The van der Waals surface area contributed by atoms with Gasteiger partial charge in [-0.2, -0.15) is 0 Å². The Kier molecular flexibility index (Phi) is 7.19. The molecule has 0 amide bonds. The highest BCUT2D eigenvalue weighted by Crippen LogP contribution is 2.27. The molecule has 102 valence electrons. The van der Waals surface area contributed by atoms with E-state index in [1.807, 2.05) is 18.2 Å². The van der Waals surface area contributed by atoms with E-state index in [1.165, 1.54) is 0 Å². The Labute approximate surface area is 122 Å². The molecule has 0 heterocycles. The lowest BCUT2D eigenvalue weighted by atomic mass is 10.0. The minimum Gasteiger partial charge on any atom is -0.396 e. The van der Waals surface area contributed by atoms with Crippen LogP contribution >= 0.6 is 27.5 Å². The Bertz CT molecular complexity index is 376. The Hall–Kier alpha value is -0.130. The maximum absolute atomic E-state index is 9.02. The summed E-state index contributed by atoms with van der Waals surface area (Å²) in [5.74, 6) is 0. The molecule has 2 unspecified atom stereocenters. The summed E-state index contributed by atoms with van der Waals surface area (Å²) in [6, 6.07) is 6.04. The highest BCUT2D eigenvalue weighted by molar-refractivity contribution is 9.10. The molecule has 18 heavy (non-hydrogen) atoms. The van der Waals surface area contributed by atoms with Gasteiger partial charge in [-0.15, -0.1) is 0 Å². The number of nitrogens with two attached hydrogens (primary N) is 1. The van der Waals surface area contributed by atoms with Crippen LogP contribution < -0.4 is 11.1 Å². The topological polar surface area (TPSA) is 58.3 Å². The lowest BCUT2D eigenvalue weighted by Gasteiger charge is -2.25. The Morgan fingerprint density at radius 1 is 1.50 bits per heavy atom. The maximum Gasteiger partial charge on any atom is 0.0457 e. The minimum absolute atomic E-state index is 0.0631. The van der Waals surface area contributed by atoms with E-state index in [-0.39, 0.29) is 18.7 Å². The van der Waals surface area contributed by atoms with E-state index in [1.54, 1.807) is 0 Å². The fourth-order valence-electron chi connectivity index (χ4n) is 1.91. The third kappa shape index (κ3) is 4.52. The molecule has 0 aromatic heterocycles. The lowest BCUT2D eigenvalue weighted by molar-refractivity contribution is 0.255. The van der Waals surface area contributed by atoms with E-state index < -0.39 is 0 Å². The van der Waals surface area contributed by atoms with Crippen LogP contribution in [0.4, 0.5) is 0 Å². The summed E-state index contributed by atoms with van der Waals surface area (Å²) in [4.78, 5) is 0. The van der Waals surface area contributed by atoms with Gasteiger partial charge in [-0.05, 0) is 30.5 Å². The number of rotatable bonds is 7. The van der Waals surface area contributed by atoms with E-state index in [4.69, 9.17) is 22.4 Å². The van der Waals surface area contributed by atoms with Gasteiger partial charge in [-0.1, -0.05) is 40.5 Å². The van der Waals surface area contributed by atoms with Crippen molar-refractivity contribution in [1.82, 2.24) is 5.32 Å². The van der Waals surface area contributed by atoms with Gasteiger partial charge in [0.25, 0.3) is 0 Å². The predicted octanol–water partition coefficient (Wildman–Crippen LogP) is 2.85. The molecule has 0 spiro atoms. The van der Waals surface area contributed by atoms with Crippen LogP contribution in [0.1, 0.15) is 31.4 Å². The van der Waals surface area contributed by atoms with E-state index >= 15 is 0 Å². The number of hydrogen-bond donors (Lipinski definition) is 3. The van der Waals surface area contributed by atoms with Gasteiger partial charge >= 0.3 is 0 Å². The molecule has 1 rings (SSSR count). The molecule has 0 aliphatic heterocycles. The van der Waals surface area contributed by atoms with Crippen molar-refractivity contribution in [3.05, 3.63) is 33.3 Å². The molecule has 0 aliphatic carbocycles. The molecule has 0 radical (unpaired) electrons. The van der Waals surface area contributed by atoms with Crippen molar-refractivity contribution >= 4 is 27.5 Å². The first-order valence-corrected chi connectivity index (χ1v) is 7.31. The second-order valence-electron chi connectivity index (χ2n) is 4.24. The third-order valence-corrected chi connectivity index (χ3v) is 3.90. The van der Waals surface area contributed by atoms with E-state index in [0.717, 1.165) is 22.9 Å². The van der Waals surface area contributed by atoms with Gasteiger partial charge < -0.3 is 16.2 Å². The first-order chi connectivity index (χ1) is 8.62. The molecule has 0 fully saturated rings. The first kappa shape index (κ1) is 15.9. The first-order valence-electron chi connectivity index (χ1n) is 6.14. The van der Waals surface area contributed by atoms with Crippen molar-refractivity contribution in [3.63, 3.8) is 0 Å². The number of hydrogen-bond acceptors (Lipinski definition) is 3. The van der Waals surface area contributed by atoms with Crippen LogP contribution in [0.5, 0.6) is 0 Å². The normalized spacial score (nSPS) is 14.5. The molecule has 2 atom stereocenters. The Morgan fingerprint density at radius 2 is 2.22 bits per heavy atom. The second-order valence-corrected chi connectivity index (χ2v) is 5.53. The zero-order valence-electron chi connectivity index (χ0n) is 10.5. The molecule has 0 bridgehead atoms. The summed E-state index contributed by atoms with van der Waals surface area (Å²) in [5, 5.41) is 13.2. The molecule has 0 saturated heterocycles. The van der Waals surface area contributed by atoms with Crippen LogP contribution in [-0.2, 0) is 0 Å². The summed E-state index contributed by atoms with van der Waals surface area (Å²) in [7, 11) is 0. The Balaban J connectivity index is 2.81. The zero-order chi connectivity index (χ0) is 13.5. The van der Waals surface area contributed by atoms with E-state index in [2.05, 4.69) is 28.2 Å². The van der Waals surface area contributed by atoms with Crippen LogP contribution in [0.15, 0.2) is 22.7 Å². The van der Waals surface area contributed by atoms with Gasteiger partial charge in [0.2, 0.25) is 0 Å². The third-order valence-electron chi connectivity index (χ3n) is 2.98. The molecule has 5 heteroatoms. The quantitative estimate of drug-likeness (QED) is 0.718. The number of aliphatic hydroxyl groups excluding tert-OH is 1. The highest BCUT2D eigenvalue weighted by atomic mass is 79.9. The Morgan fingerprint density at radius 3 is 2.72 bits per heavy atom. The summed E-state index contributed by atoms with van der Waals surface area (Å²) >= 11 is 9.44. The average molecular weight is 336 g/mol. The molecule has 1 aromatic rings. The molecular weight excluding hydrogens is 316 g/mol. The average Bonchev–Trinajstić information content (AvgIpc) is 2.35. The highest BCUT2D eigenvalue weighted by Gasteiger charge is 2.16. The van der Waals surface area contributed by atoms with Gasteiger partial charge in [-0.25, -0.2) is 0 Å². The summed E-state index contributed by atoms with van der Waals surface area (Å²) in [5.41, 5.74) is 6.93. The van der Waals surface area contributed by atoms with Crippen LogP contribution in [-0.4, -0.2) is 24.3 Å². The van der Waals surface area contributed by atoms with Crippen LogP contribution in [0.2, 0.25) is 5.02 Å².